The number of ether oxygens (including phenoxy) is 1. The van der Waals surface area contributed by atoms with Crippen molar-refractivity contribution in [1.82, 2.24) is 19.5 Å². The summed E-state index contributed by atoms with van der Waals surface area (Å²) in [6.07, 6.45) is -1.29. The minimum atomic E-state index is -4.66. The van der Waals surface area contributed by atoms with Crippen LogP contribution in [0, 0.1) is 0 Å². The summed E-state index contributed by atoms with van der Waals surface area (Å²) in [6.45, 7) is -1.27. The van der Waals surface area contributed by atoms with E-state index < -0.39 is 51.7 Å². The normalized spacial score (nSPS) is 27.9. The van der Waals surface area contributed by atoms with Gasteiger partial charge in [-0.05, 0) is 6.26 Å². The number of imidazole rings is 1. The zero-order valence-electron chi connectivity index (χ0n) is 15.3. The Balaban J connectivity index is 1.82. The molecule has 3 heterocycles. The van der Waals surface area contributed by atoms with Crippen LogP contribution >= 0.6 is 19.6 Å². The lowest BCUT2D eigenvalue weighted by atomic mass is 10.1. The first-order chi connectivity index (χ1) is 13.8. The molecule has 1 fully saturated rings. The van der Waals surface area contributed by atoms with E-state index in [4.69, 9.17) is 20.1 Å². The fourth-order valence-electron chi connectivity index (χ4n) is 2.85. The molecule has 0 bridgehead atoms. The number of fused-ring (bicyclic) bond motifs is 1. The third-order valence-corrected chi connectivity index (χ3v) is 5.84. The first kappa shape index (κ1) is 22.3. The number of thioether (sulfide) groups is 1. The number of aliphatic hydroxyl groups is 3. The van der Waals surface area contributed by atoms with Gasteiger partial charge in [0.15, 0.2) is 17.7 Å². The van der Waals surface area contributed by atoms with Crippen LogP contribution in [-0.2, 0) is 18.3 Å². The molecule has 15 heteroatoms. The van der Waals surface area contributed by atoms with Crippen LogP contribution in [0.1, 0.15) is 6.23 Å². The first-order valence-corrected chi connectivity index (χ1v) is 11.4. The molecule has 0 aliphatic carbocycles. The number of rotatable bonds is 9. The Morgan fingerprint density at radius 3 is 2.90 bits per heavy atom. The molecule has 0 aromatic carbocycles. The van der Waals surface area contributed by atoms with Gasteiger partial charge in [0.05, 0.1) is 25.6 Å². The largest absolute Gasteiger partial charge is 0.472 e. The number of aromatic nitrogens is 4. The number of hydrogen-bond donors (Lipinski definition) is 5. The van der Waals surface area contributed by atoms with Crippen LogP contribution in [0.2, 0.25) is 0 Å². The van der Waals surface area contributed by atoms with Crippen LogP contribution in [0.3, 0.4) is 0 Å². The minimum absolute atomic E-state index is 0.158. The molecule has 1 aliphatic heterocycles. The van der Waals surface area contributed by atoms with Gasteiger partial charge in [-0.2, -0.15) is 11.8 Å². The van der Waals surface area contributed by atoms with E-state index in [1.165, 1.54) is 29.0 Å². The molecule has 0 spiro atoms. The SMILES string of the molecule is CSC[C@H]1O[C@@H](n2cnc3c(N)ncnc32)[C@H](O)[C@@H]1OP(=O)(O)OC[C@H](O)CO. The second-order valence-electron chi connectivity index (χ2n) is 6.26. The van der Waals surface area contributed by atoms with Crippen molar-refractivity contribution in [3.05, 3.63) is 12.7 Å². The monoisotopic (exact) mass is 451 g/mol. The molecule has 2 aromatic heterocycles. The van der Waals surface area contributed by atoms with Gasteiger partial charge in [-0.25, -0.2) is 19.5 Å². The van der Waals surface area contributed by atoms with E-state index in [0.29, 0.717) is 16.9 Å². The molecule has 0 saturated carbocycles. The molecule has 6 atom stereocenters. The van der Waals surface area contributed by atoms with E-state index in [9.17, 15) is 19.7 Å². The van der Waals surface area contributed by atoms with Crippen LogP contribution in [0.25, 0.3) is 11.2 Å². The number of phosphoric ester groups is 1. The Hall–Kier alpha value is -1.35. The fourth-order valence-corrected chi connectivity index (χ4v) is 4.44. The molecule has 3 rings (SSSR count). The highest BCUT2D eigenvalue weighted by atomic mass is 32.2. The van der Waals surface area contributed by atoms with E-state index in [-0.39, 0.29) is 5.82 Å². The van der Waals surface area contributed by atoms with Crippen LogP contribution in [-0.4, -0.2) is 89.4 Å². The van der Waals surface area contributed by atoms with Crippen molar-refractivity contribution in [2.75, 3.05) is 31.0 Å². The number of phosphoric acid groups is 1. The highest BCUT2D eigenvalue weighted by Crippen LogP contribution is 2.49. The van der Waals surface area contributed by atoms with Crippen molar-refractivity contribution in [2.45, 2.75) is 30.6 Å². The van der Waals surface area contributed by atoms with E-state index >= 15 is 0 Å². The smallest absolute Gasteiger partial charge is 0.394 e. The van der Waals surface area contributed by atoms with Gasteiger partial charge in [0.2, 0.25) is 0 Å². The average molecular weight is 451 g/mol. The number of nitrogens with zero attached hydrogens (tertiary/aromatic N) is 4. The molecule has 0 amide bonds. The van der Waals surface area contributed by atoms with Gasteiger partial charge in [0, 0.05) is 5.75 Å². The maximum Gasteiger partial charge on any atom is 0.472 e. The van der Waals surface area contributed by atoms with Crippen molar-refractivity contribution in [3.63, 3.8) is 0 Å². The van der Waals surface area contributed by atoms with Crippen molar-refractivity contribution in [2.24, 2.45) is 0 Å². The molecule has 6 N–H and O–H groups in total. The molecule has 1 saturated heterocycles. The number of aliphatic hydroxyl groups excluding tert-OH is 3. The van der Waals surface area contributed by atoms with Crippen molar-refractivity contribution >= 4 is 36.6 Å². The van der Waals surface area contributed by atoms with E-state index in [0.717, 1.165) is 0 Å². The van der Waals surface area contributed by atoms with Gasteiger partial charge >= 0.3 is 7.82 Å². The summed E-state index contributed by atoms with van der Waals surface area (Å²) in [5, 5.41) is 28.8. The molecule has 13 nitrogen and oxygen atoms in total. The fraction of sp³-hybridized carbons (Fsp3) is 0.643. The first-order valence-electron chi connectivity index (χ1n) is 8.47. The second-order valence-corrected chi connectivity index (χ2v) is 8.58. The molecule has 1 aliphatic rings. The quantitative estimate of drug-likeness (QED) is 0.288. The van der Waals surface area contributed by atoms with Gasteiger partial charge < -0.3 is 30.7 Å². The van der Waals surface area contributed by atoms with E-state index in [2.05, 4.69) is 19.5 Å². The zero-order valence-corrected chi connectivity index (χ0v) is 17.0. The van der Waals surface area contributed by atoms with Gasteiger partial charge in [0.1, 0.15) is 30.2 Å². The Kier molecular flexibility index (Phi) is 7.09. The minimum Gasteiger partial charge on any atom is -0.394 e. The lowest BCUT2D eigenvalue weighted by molar-refractivity contribution is -0.0290. The third kappa shape index (κ3) is 4.87. The number of nitrogens with two attached hydrogens (primary N) is 1. The number of nitrogen functional groups attached to an aromatic ring is 1. The predicted octanol–water partition coefficient (Wildman–Crippen LogP) is -1.11. The summed E-state index contributed by atoms with van der Waals surface area (Å²) < 4.78 is 29.4. The lowest BCUT2D eigenvalue weighted by Gasteiger charge is -2.23. The van der Waals surface area contributed by atoms with Crippen LogP contribution in [0.5, 0.6) is 0 Å². The number of anilines is 1. The molecule has 162 valence electrons. The van der Waals surface area contributed by atoms with Gasteiger partial charge in [-0.1, -0.05) is 0 Å². The Morgan fingerprint density at radius 1 is 1.45 bits per heavy atom. The predicted molar refractivity (Wildman–Crippen MR) is 102 cm³/mol. The van der Waals surface area contributed by atoms with Gasteiger partial charge in [-0.3, -0.25) is 13.6 Å². The standard InChI is InChI=1S/C14H22N5O8PS/c1-29-4-8-11(27-28(23,24)25-3-7(21)2-20)10(22)14(26-8)19-6-18-9-12(15)16-5-17-13(9)19/h5-8,10-11,14,20-22H,2-4H2,1H3,(H,23,24)(H2,15,16,17)/t7-,8-,10-,11-,14-/m1/s1. The molecule has 29 heavy (non-hydrogen) atoms. The summed E-state index contributed by atoms with van der Waals surface area (Å²) >= 11 is 1.39. The molecular formula is C14H22N5O8PS. The van der Waals surface area contributed by atoms with Gasteiger partial charge in [0.25, 0.3) is 0 Å². The van der Waals surface area contributed by atoms with Gasteiger partial charge in [-0.15, -0.1) is 0 Å². The molecule has 0 radical (unpaired) electrons. The second kappa shape index (κ2) is 9.20. The van der Waals surface area contributed by atoms with Crippen molar-refractivity contribution < 1.29 is 38.6 Å². The summed E-state index contributed by atoms with van der Waals surface area (Å²) in [5.74, 6) is 0.506. The highest BCUT2D eigenvalue weighted by Gasteiger charge is 2.49. The highest BCUT2D eigenvalue weighted by molar-refractivity contribution is 7.98. The Morgan fingerprint density at radius 2 is 2.21 bits per heavy atom. The third-order valence-electron chi connectivity index (χ3n) is 4.20. The topological polar surface area (TPSA) is 195 Å². The average Bonchev–Trinajstić information content (AvgIpc) is 3.23. The summed E-state index contributed by atoms with van der Waals surface area (Å²) in [7, 11) is -4.66. The molecular weight excluding hydrogens is 429 g/mol. The van der Waals surface area contributed by atoms with Crippen LogP contribution in [0.15, 0.2) is 12.7 Å². The van der Waals surface area contributed by atoms with E-state index in [1.54, 1.807) is 6.26 Å². The lowest BCUT2D eigenvalue weighted by Crippen LogP contribution is -2.35. The summed E-state index contributed by atoms with van der Waals surface area (Å²) in [6, 6.07) is 0. The maximum absolute atomic E-state index is 12.2. The van der Waals surface area contributed by atoms with Crippen molar-refractivity contribution in [1.29, 1.82) is 0 Å². The Bertz CT molecular complexity index is 887. The van der Waals surface area contributed by atoms with Crippen LogP contribution in [0.4, 0.5) is 5.82 Å². The number of hydrogen-bond acceptors (Lipinski definition) is 12. The van der Waals surface area contributed by atoms with Crippen molar-refractivity contribution in [3.8, 4) is 0 Å². The zero-order chi connectivity index (χ0) is 21.2. The summed E-state index contributed by atoms with van der Waals surface area (Å²) in [5.41, 5.74) is 6.42. The Labute approximate surface area is 169 Å². The van der Waals surface area contributed by atoms with E-state index in [1.807, 2.05) is 0 Å². The molecule has 1 unspecified atom stereocenters. The van der Waals surface area contributed by atoms with Crippen LogP contribution < -0.4 is 5.73 Å². The molecule has 2 aromatic rings. The maximum atomic E-state index is 12.2. The summed E-state index contributed by atoms with van der Waals surface area (Å²) in [4.78, 5) is 22.0.